The van der Waals surface area contributed by atoms with Gasteiger partial charge in [0, 0.05) is 11.1 Å². The predicted molar refractivity (Wildman–Crippen MR) is 64.7 cm³/mol. The lowest BCUT2D eigenvalue weighted by Crippen LogP contribution is -1.98. The van der Waals surface area contributed by atoms with Crippen molar-refractivity contribution >= 4 is 23.4 Å². The van der Waals surface area contributed by atoms with Gasteiger partial charge in [0.15, 0.2) is 0 Å². The number of aromatic nitrogens is 1. The monoisotopic (exact) mass is 234 g/mol. The average molecular weight is 235 g/mol. The van der Waals surface area contributed by atoms with E-state index < -0.39 is 0 Å². The van der Waals surface area contributed by atoms with Crippen LogP contribution in [0.5, 0.6) is 0 Å². The molecule has 1 aromatic heterocycles. The van der Waals surface area contributed by atoms with Gasteiger partial charge in [0.05, 0.1) is 6.61 Å². The predicted octanol–water partition coefficient (Wildman–Crippen LogP) is 3.26. The quantitative estimate of drug-likeness (QED) is 0.593. The third-order valence-electron chi connectivity index (χ3n) is 1.96. The number of rotatable bonds is 4. The summed E-state index contributed by atoms with van der Waals surface area (Å²) in [5.41, 5.74) is 1.46. The molecule has 0 aliphatic rings. The molecule has 0 unspecified atom stereocenters. The highest BCUT2D eigenvalue weighted by Crippen LogP contribution is 2.25. The minimum atomic E-state index is 0.221. The van der Waals surface area contributed by atoms with E-state index in [4.69, 9.17) is 21.6 Å². The summed E-state index contributed by atoms with van der Waals surface area (Å²) >= 11 is 5.81. The van der Waals surface area contributed by atoms with Crippen LogP contribution in [0, 0.1) is 11.3 Å². The molecular formula is C12H11ClN2O. The van der Waals surface area contributed by atoms with E-state index in [0.717, 1.165) is 0 Å². The van der Waals surface area contributed by atoms with E-state index in [1.165, 1.54) is 0 Å². The summed E-state index contributed by atoms with van der Waals surface area (Å²) in [6.45, 7) is 9.77. The van der Waals surface area contributed by atoms with Crippen molar-refractivity contribution in [3.8, 4) is 6.07 Å². The number of halogens is 1. The van der Waals surface area contributed by atoms with Gasteiger partial charge in [-0.05, 0) is 13.0 Å². The van der Waals surface area contributed by atoms with Crippen LogP contribution in [0.4, 0.5) is 0 Å². The molecule has 0 bridgehead atoms. The Hall–Kier alpha value is -1.79. The fourth-order valence-corrected chi connectivity index (χ4v) is 1.49. The molecule has 1 aromatic rings. The largest absolute Gasteiger partial charge is 0.494 e. The molecule has 0 aliphatic carbocycles. The van der Waals surface area contributed by atoms with Gasteiger partial charge < -0.3 is 4.74 Å². The fraction of sp³-hybridized carbons (Fsp3) is 0.167. The van der Waals surface area contributed by atoms with Crippen molar-refractivity contribution in [1.29, 1.82) is 5.26 Å². The van der Waals surface area contributed by atoms with Crippen molar-refractivity contribution in [3.63, 3.8) is 0 Å². The molecule has 0 atom stereocenters. The second-order valence-electron chi connectivity index (χ2n) is 2.93. The first kappa shape index (κ1) is 12.3. The molecule has 0 N–H and O–H groups in total. The molecule has 0 saturated carbocycles. The first-order chi connectivity index (χ1) is 7.63. The highest BCUT2D eigenvalue weighted by molar-refractivity contribution is 6.29. The normalized spacial score (nSPS) is 9.31. The lowest BCUT2D eigenvalue weighted by Gasteiger charge is -2.11. The van der Waals surface area contributed by atoms with Gasteiger partial charge in [-0.15, -0.1) is 0 Å². The molecule has 82 valence electrons. The Morgan fingerprint density at radius 1 is 1.75 bits per heavy atom. The van der Waals surface area contributed by atoms with Crippen LogP contribution >= 0.6 is 11.6 Å². The average Bonchev–Trinajstić information content (AvgIpc) is 2.28. The van der Waals surface area contributed by atoms with Crippen LogP contribution in [0.2, 0.25) is 5.15 Å². The molecule has 3 nitrogen and oxygen atoms in total. The number of pyridine rings is 1. The highest BCUT2D eigenvalue weighted by atomic mass is 35.5. The van der Waals surface area contributed by atoms with Crippen molar-refractivity contribution in [2.75, 3.05) is 6.61 Å². The molecule has 1 heterocycles. The summed E-state index contributed by atoms with van der Waals surface area (Å²) in [5, 5.41) is 9.15. The third kappa shape index (κ3) is 2.41. The van der Waals surface area contributed by atoms with Crippen LogP contribution < -0.4 is 0 Å². The van der Waals surface area contributed by atoms with E-state index in [1.807, 2.05) is 13.0 Å². The zero-order valence-electron chi connectivity index (χ0n) is 8.96. The molecule has 0 radical (unpaired) electrons. The first-order valence-corrected chi connectivity index (χ1v) is 5.07. The second-order valence-corrected chi connectivity index (χ2v) is 3.31. The maximum atomic E-state index is 8.92. The maximum absolute atomic E-state index is 8.92. The minimum absolute atomic E-state index is 0.221. The summed E-state index contributed by atoms with van der Waals surface area (Å²) in [6, 6.07) is 3.57. The highest BCUT2D eigenvalue weighted by Gasteiger charge is 2.12. The van der Waals surface area contributed by atoms with Gasteiger partial charge in [-0.25, -0.2) is 4.98 Å². The van der Waals surface area contributed by atoms with Crippen molar-refractivity contribution in [2.45, 2.75) is 6.92 Å². The Bertz CT molecular complexity index is 475. The fourth-order valence-electron chi connectivity index (χ4n) is 1.30. The van der Waals surface area contributed by atoms with Gasteiger partial charge in [-0.1, -0.05) is 30.8 Å². The standard InChI is InChI=1S/C12H11ClN2O/c1-4-9-10(8(3)16-5-2)6-12(13)15-11(9)7-14/h4,6H,1,3,5H2,2H3. The molecule has 0 spiro atoms. The van der Waals surface area contributed by atoms with E-state index in [-0.39, 0.29) is 10.8 Å². The topological polar surface area (TPSA) is 45.9 Å². The first-order valence-electron chi connectivity index (χ1n) is 4.69. The van der Waals surface area contributed by atoms with Crippen molar-refractivity contribution in [3.05, 3.63) is 41.2 Å². The smallest absolute Gasteiger partial charge is 0.150 e. The molecule has 0 amide bonds. The number of hydrogen-bond donors (Lipinski definition) is 0. The summed E-state index contributed by atoms with van der Waals surface area (Å²) in [4.78, 5) is 3.90. The molecule has 0 saturated heterocycles. The number of nitriles is 1. The second kappa shape index (κ2) is 5.34. The molecule has 0 aliphatic heterocycles. The Kier molecular flexibility index (Phi) is 4.10. The van der Waals surface area contributed by atoms with Gasteiger partial charge in [-0.3, -0.25) is 0 Å². The molecule has 0 fully saturated rings. The SMILES string of the molecule is C=Cc1c(C(=C)OCC)cc(Cl)nc1C#N. The van der Waals surface area contributed by atoms with Crippen LogP contribution in [0.3, 0.4) is 0 Å². The summed E-state index contributed by atoms with van der Waals surface area (Å²) < 4.78 is 5.29. The van der Waals surface area contributed by atoms with E-state index >= 15 is 0 Å². The Morgan fingerprint density at radius 3 is 2.94 bits per heavy atom. The Balaban J connectivity index is 3.37. The van der Waals surface area contributed by atoms with Crippen LogP contribution in [0.1, 0.15) is 23.7 Å². The molecule has 16 heavy (non-hydrogen) atoms. The van der Waals surface area contributed by atoms with Crippen molar-refractivity contribution in [1.82, 2.24) is 4.98 Å². The van der Waals surface area contributed by atoms with E-state index in [1.54, 1.807) is 12.1 Å². The summed E-state index contributed by atoms with van der Waals surface area (Å²) in [6.07, 6.45) is 1.54. The van der Waals surface area contributed by atoms with Crippen LogP contribution in [-0.4, -0.2) is 11.6 Å². The Morgan fingerprint density at radius 2 is 2.44 bits per heavy atom. The van der Waals surface area contributed by atoms with Gasteiger partial charge in [0.2, 0.25) is 0 Å². The maximum Gasteiger partial charge on any atom is 0.150 e. The van der Waals surface area contributed by atoms with Crippen LogP contribution in [0.15, 0.2) is 19.2 Å². The van der Waals surface area contributed by atoms with Crippen LogP contribution in [-0.2, 0) is 4.74 Å². The number of nitrogens with zero attached hydrogens (tertiary/aromatic N) is 2. The van der Waals surface area contributed by atoms with Gasteiger partial charge in [-0.2, -0.15) is 5.26 Å². The van der Waals surface area contributed by atoms with Crippen molar-refractivity contribution in [2.24, 2.45) is 0 Å². The molecular weight excluding hydrogens is 224 g/mol. The molecule has 0 aromatic carbocycles. The van der Waals surface area contributed by atoms with E-state index in [0.29, 0.717) is 23.5 Å². The van der Waals surface area contributed by atoms with Gasteiger partial charge in [0.1, 0.15) is 22.7 Å². The number of hydrogen-bond acceptors (Lipinski definition) is 3. The zero-order valence-corrected chi connectivity index (χ0v) is 9.71. The Labute approximate surface area is 99.6 Å². The zero-order chi connectivity index (χ0) is 12.1. The van der Waals surface area contributed by atoms with E-state index in [9.17, 15) is 0 Å². The third-order valence-corrected chi connectivity index (χ3v) is 2.15. The summed E-state index contributed by atoms with van der Waals surface area (Å²) in [5.74, 6) is 0.457. The minimum Gasteiger partial charge on any atom is -0.494 e. The van der Waals surface area contributed by atoms with Crippen LogP contribution in [0.25, 0.3) is 11.8 Å². The van der Waals surface area contributed by atoms with Gasteiger partial charge >= 0.3 is 0 Å². The molecule has 4 heteroatoms. The number of ether oxygens (including phenoxy) is 1. The summed E-state index contributed by atoms with van der Waals surface area (Å²) in [7, 11) is 0. The lowest BCUT2D eigenvalue weighted by molar-refractivity contribution is 0.299. The lowest BCUT2D eigenvalue weighted by atomic mass is 10.1. The van der Waals surface area contributed by atoms with E-state index in [2.05, 4.69) is 18.1 Å². The van der Waals surface area contributed by atoms with Gasteiger partial charge in [0.25, 0.3) is 0 Å². The molecule has 1 rings (SSSR count). The van der Waals surface area contributed by atoms with Crippen molar-refractivity contribution < 1.29 is 4.74 Å².